The van der Waals surface area contributed by atoms with Crippen molar-refractivity contribution >= 4 is 14.0 Å². The van der Waals surface area contributed by atoms with E-state index in [1.807, 2.05) is 31.3 Å². The van der Waals surface area contributed by atoms with Gasteiger partial charge in [-0.25, -0.2) is 4.57 Å². The standard InChI is InChI=1S/C15H23N3O2.H3O4P/c1-4-20-14-6-5-13(11-15(14)19-3)12-16-18-9-7-17(2)8-10-18;1-5(2,3)4/h5-6,11-12H,4,7-10H2,1-3H3;(H3,1,2,3,4). The number of benzene rings is 1. The molecule has 1 fully saturated rings. The van der Waals surface area contributed by atoms with Crippen molar-refractivity contribution in [3.8, 4) is 11.5 Å². The molecule has 3 N–H and O–H groups in total. The van der Waals surface area contributed by atoms with Gasteiger partial charge in [0.15, 0.2) is 11.5 Å². The molecule has 0 aliphatic carbocycles. The Morgan fingerprint density at radius 1 is 1.20 bits per heavy atom. The third-order valence-electron chi connectivity index (χ3n) is 3.34. The maximum absolute atomic E-state index is 8.88. The van der Waals surface area contributed by atoms with E-state index in [1.54, 1.807) is 7.11 Å². The van der Waals surface area contributed by atoms with Gasteiger partial charge in [-0.05, 0) is 37.7 Å². The first-order valence-electron chi connectivity index (χ1n) is 7.79. The minimum Gasteiger partial charge on any atom is -0.493 e. The average molecular weight is 375 g/mol. The van der Waals surface area contributed by atoms with E-state index in [0.29, 0.717) is 6.61 Å². The topological polar surface area (TPSA) is 115 Å². The summed E-state index contributed by atoms with van der Waals surface area (Å²) in [6, 6.07) is 5.87. The SMILES string of the molecule is CCOc1ccc(C=NN2CCN(C)CC2)cc1OC.O=P(O)(O)O. The molecule has 0 saturated carbocycles. The highest BCUT2D eigenvalue weighted by Crippen LogP contribution is 2.27. The van der Waals surface area contributed by atoms with Crippen LogP contribution in [-0.4, -0.2) is 77.7 Å². The molecule has 1 aromatic carbocycles. The summed E-state index contributed by atoms with van der Waals surface area (Å²) in [5, 5.41) is 6.62. The molecule has 9 nitrogen and oxygen atoms in total. The summed E-state index contributed by atoms with van der Waals surface area (Å²) in [4.78, 5) is 23.9. The Hall–Kier alpha value is -1.64. The van der Waals surface area contributed by atoms with Crippen molar-refractivity contribution in [3.05, 3.63) is 23.8 Å². The quantitative estimate of drug-likeness (QED) is 0.510. The molecule has 2 rings (SSSR count). The normalized spacial score (nSPS) is 15.7. The predicted molar refractivity (Wildman–Crippen MR) is 95.1 cm³/mol. The third-order valence-corrected chi connectivity index (χ3v) is 3.34. The molecular weight excluding hydrogens is 349 g/mol. The lowest BCUT2D eigenvalue weighted by atomic mass is 10.2. The Balaban J connectivity index is 0.000000550. The second kappa shape index (κ2) is 10.4. The summed E-state index contributed by atoms with van der Waals surface area (Å²) in [5.41, 5.74) is 1.02. The van der Waals surface area contributed by atoms with E-state index in [4.69, 9.17) is 28.7 Å². The number of hydrogen-bond donors (Lipinski definition) is 3. The smallest absolute Gasteiger partial charge is 0.466 e. The number of phosphoric acid groups is 1. The van der Waals surface area contributed by atoms with Crippen molar-refractivity contribution in [2.24, 2.45) is 5.10 Å². The number of methoxy groups -OCH3 is 1. The van der Waals surface area contributed by atoms with Crippen LogP contribution in [0.1, 0.15) is 12.5 Å². The van der Waals surface area contributed by atoms with Gasteiger partial charge in [0.2, 0.25) is 0 Å². The first kappa shape index (κ1) is 21.4. The Labute approximate surface area is 147 Å². The Bertz CT molecular complexity index is 591. The average Bonchev–Trinajstić information content (AvgIpc) is 2.54. The minimum absolute atomic E-state index is 0.630. The molecule has 25 heavy (non-hydrogen) atoms. The molecule has 0 bridgehead atoms. The van der Waals surface area contributed by atoms with Crippen molar-refractivity contribution in [2.75, 3.05) is 46.9 Å². The maximum atomic E-state index is 8.88. The first-order chi connectivity index (χ1) is 11.7. The summed E-state index contributed by atoms with van der Waals surface area (Å²) in [6.07, 6.45) is 1.88. The van der Waals surface area contributed by atoms with Crippen LogP contribution in [0, 0.1) is 0 Å². The van der Waals surface area contributed by atoms with Crippen LogP contribution in [0.4, 0.5) is 0 Å². The predicted octanol–water partition coefficient (Wildman–Crippen LogP) is 0.747. The highest BCUT2D eigenvalue weighted by Gasteiger charge is 2.11. The van der Waals surface area contributed by atoms with E-state index in [9.17, 15) is 0 Å². The fraction of sp³-hybridized carbons (Fsp3) is 0.533. The zero-order chi connectivity index (χ0) is 18.9. The summed E-state index contributed by atoms with van der Waals surface area (Å²) < 4.78 is 19.7. The van der Waals surface area contributed by atoms with Crippen LogP contribution >= 0.6 is 7.82 Å². The molecule has 1 aliphatic heterocycles. The lowest BCUT2D eigenvalue weighted by molar-refractivity contribution is 0.159. The number of ether oxygens (including phenoxy) is 2. The van der Waals surface area contributed by atoms with E-state index in [0.717, 1.165) is 43.2 Å². The molecule has 1 aromatic rings. The summed E-state index contributed by atoms with van der Waals surface area (Å²) >= 11 is 0. The minimum atomic E-state index is -4.64. The molecule has 0 unspecified atom stereocenters. The van der Waals surface area contributed by atoms with E-state index in [2.05, 4.69) is 22.1 Å². The third kappa shape index (κ3) is 9.42. The number of hydrogen-bond acceptors (Lipinski definition) is 6. The molecule has 0 amide bonds. The zero-order valence-corrected chi connectivity index (χ0v) is 15.6. The van der Waals surface area contributed by atoms with Crippen LogP contribution < -0.4 is 9.47 Å². The van der Waals surface area contributed by atoms with Gasteiger partial charge in [0, 0.05) is 26.2 Å². The Morgan fingerprint density at radius 3 is 2.32 bits per heavy atom. The highest BCUT2D eigenvalue weighted by atomic mass is 31.2. The van der Waals surface area contributed by atoms with Gasteiger partial charge in [-0.3, -0.25) is 5.01 Å². The van der Waals surface area contributed by atoms with Crippen LogP contribution in [0.25, 0.3) is 0 Å². The van der Waals surface area contributed by atoms with Crippen molar-refractivity contribution in [3.63, 3.8) is 0 Å². The lowest BCUT2D eigenvalue weighted by Crippen LogP contribution is -2.41. The highest BCUT2D eigenvalue weighted by molar-refractivity contribution is 7.45. The van der Waals surface area contributed by atoms with E-state index in [-0.39, 0.29) is 0 Å². The van der Waals surface area contributed by atoms with Crippen molar-refractivity contribution in [1.29, 1.82) is 0 Å². The molecule has 1 aliphatic rings. The van der Waals surface area contributed by atoms with Gasteiger partial charge in [0.25, 0.3) is 0 Å². The van der Waals surface area contributed by atoms with Gasteiger partial charge >= 0.3 is 7.82 Å². The fourth-order valence-corrected chi connectivity index (χ4v) is 2.10. The summed E-state index contributed by atoms with van der Waals surface area (Å²) in [6.45, 7) is 6.66. The van der Waals surface area contributed by atoms with Crippen LogP contribution in [0.3, 0.4) is 0 Å². The van der Waals surface area contributed by atoms with Gasteiger partial charge in [0.05, 0.1) is 19.9 Å². The fourth-order valence-electron chi connectivity index (χ4n) is 2.10. The van der Waals surface area contributed by atoms with Crippen molar-refractivity contribution < 1.29 is 28.7 Å². The van der Waals surface area contributed by atoms with Crippen LogP contribution in [-0.2, 0) is 4.57 Å². The number of piperazine rings is 1. The van der Waals surface area contributed by atoms with Gasteiger partial charge in [-0.1, -0.05) is 0 Å². The number of nitrogens with zero attached hydrogens (tertiary/aromatic N) is 3. The molecular formula is C15H26N3O6P. The van der Waals surface area contributed by atoms with Gasteiger partial charge in [-0.15, -0.1) is 0 Å². The zero-order valence-electron chi connectivity index (χ0n) is 14.7. The Morgan fingerprint density at radius 2 is 1.80 bits per heavy atom. The maximum Gasteiger partial charge on any atom is 0.466 e. The van der Waals surface area contributed by atoms with E-state index < -0.39 is 7.82 Å². The largest absolute Gasteiger partial charge is 0.493 e. The second-order valence-corrected chi connectivity index (χ2v) is 6.38. The lowest BCUT2D eigenvalue weighted by Gasteiger charge is -2.30. The van der Waals surface area contributed by atoms with Crippen LogP contribution in [0.2, 0.25) is 0 Å². The number of rotatable bonds is 5. The number of hydrazone groups is 1. The van der Waals surface area contributed by atoms with Gasteiger partial charge in [0.1, 0.15) is 0 Å². The monoisotopic (exact) mass is 375 g/mol. The summed E-state index contributed by atoms with van der Waals surface area (Å²) in [7, 11) is -0.850. The Kier molecular flexibility index (Phi) is 8.88. The van der Waals surface area contributed by atoms with Crippen molar-refractivity contribution in [2.45, 2.75) is 6.92 Å². The molecule has 1 saturated heterocycles. The van der Waals surface area contributed by atoms with E-state index in [1.165, 1.54) is 0 Å². The molecule has 0 spiro atoms. The molecule has 142 valence electrons. The van der Waals surface area contributed by atoms with Gasteiger partial charge in [-0.2, -0.15) is 5.10 Å². The molecule has 0 aromatic heterocycles. The van der Waals surface area contributed by atoms with Crippen molar-refractivity contribution in [1.82, 2.24) is 9.91 Å². The molecule has 0 radical (unpaired) electrons. The van der Waals surface area contributed by atoms with Crippen LogP contribution in [0.15, 0.2) is 23.3 Å². The van der Waals surface area contributed by atoms with Gasteiger partial charge < -0.3 is 29.1 Å². The summed E-state index contributed by atoms with van der Waals surface area (Å²) in [5.74, 6) is 1.51. The molecule has 10 heteroatoms. The second-order valence-electron chi connectivity index (χ2n) is 5.36. The first-order valence-corrected chi connectivity index (χ1v) is 9.36. The molecule has 0 atom stereocenters. The molecule has 1 heterocycles. The number of likely N-dealkylation sites (N-methyl/N-ethyl adjacent to an activating group) is 1. The van der Waals surface area contributed by atoms with E-state index >= 15 is 0 Å². The van der Waals surface area contributed by atoms with Crippen LogP contribution in [0.5, 0.6) is 11.5 Å².